The Labute approximate surface area is 220 Å². The van der Waals surface area contributed by atoms with Crippen LogP contribution in [0.4, 0.5) is 5.69 Å². The molecule has 2 saturated heterocycles. The van der Waals surface area contributed by atoms with Crippen LogP contribution in [0.3, 0.4) is 0 Å². The summed E-state index contributed by atoms with van der Waals surface area (Å²) in [7, 11) is 0. The topological polar surface area (TPSA) is 84.0 Å². The summed E-state index contributed by atoms with van der Waals surface area (Å²) in [5, 5.41) is 0. The monoisotopic (exact) mass is 506 g/mol. The van der Waals surface area contributed by atoms with E-state index in [2.05, 4.69) is 0 Å². The van der Waals surface area contributed by atoms with Crippen molar-refractivity contribution in [2.75, 3.05) is 4.90 Å². The third kappa shape index (κ3) is 3.57. The number of ketones is 1. The average molecular weight is 507 g/mol. The lowest BCUT2D eigenvalue weighted by atomic mass is 9.83. The van der Waals surface area contributed by atoms with Gasteiger partial charge in [0.1, 0.15) is 11.8 Å². The molecule has 7 nitrogen and oxygen atoms in total. The lowest BCUT2D eigenvalue weighted by molar-refractivity contribution is -0.132. The zero-order chi connectivity index (χ0) is 26.7. The Morgan fingerprint density at radius 2 is 1.58 bits per heavy atom. The highest BCUT2D eigenvalue weighted by molar-refractivity contribution is 6.25. The van der Waals surface area contributed by atoms with E-state index in [4.69, 9.17) is 4.74 Å². The van der Waals surface area contributed by atoms with Crippen molar-refractivity contribution in [3.63, 3.8) is 0 Å². The number of Topliss-reactive ketones (excluding diaryl/α,β-unsaturated/α-hetero) is 1. The van der Waals surface area contributed by atoms with Crippen LogP contribution < -0.4 is 9.64 Å². The fourth-order valence-corrected chi connectivity index (χ4v) is 6.17. The van der Waals surface area contributed by atoms with Crippen molar-refractivity contribution in [3.05, 3.63) is 101 Å². The number of rotatable bonds is 4. The zero-order valence-corrected chi connectivity index (χ0v) is 21.3. The van der Waals surface area contributed by atoms with Gasteiger partial charge in [0.2, 0.25) is 11.8 Å². The minimum absolute atomic E-state index is 0.260. The molecule has 2 amide bonds. The number of carbonyl (C=O) groups is 4. The highest BCUT2D eigenvalue weighted by Crippen LogP contribution is 2.54. The van der Waals surface area contributed by atoms with Crippen molar-refractivity contribution in [2.45, 2.75) is 32.9 Å². The van der Waals surface area contributed by atoms with Crippen molar-refractivity contribution in [2.24, 2.45) is 11.8 Å². The van der Waals surface area contributed by atoms with E-state index >= 15 is 0 Å². The summed E-state index contributed by atoms with van der Waals surface area (Å²) in [6, 6.07) is 18.4. The quantitative estimate of drug-likeness (QED) is 0.222. The first-order valence-corrected chi connectivity index (χ1v) is 12.6. The molecule has 190 valence electrons. The predicted octanol–water partition coefficient (Wildman–Crippen LogP) is 4.63. The molecule has 7 heteroatoms. The number of nitrogens with zero attached hydrogens (tertiary/aromatic N) is 2. The van der Waals surface area contributed by atoms with Crippen LogP contribution >= 0.6 is 0 Å². The Bertz CT molecular complexity index is 1540. The molecule has 0 N–H and O–H groups in total. The second kappa shape index (κ2) is 8.80. The molecule has 0 bridgehead atoms. The molecule has 3 aromatic carbocycles. The Morgan fingerprint density at radius 1 is 0.868 bits per heavy atom. The van der Waals surface area contributed by atoms with Crippen LogP contribution in [-0.4, -0.2) is 34.5 Å². The number of anilines is 1. The van der Waals surface area contributed by atoms with Gasteiger partial charge in [0.25, 0.3) is 0 Å². The van der Waals surface area contributed by atoms with Crippen molar-refractivity contribution in [1.82, 2.24) is 4.90 Å². The molecule has 0 saturated carbocycles. The van der Waals surface area contributed by atoms with Crippen LogP contribution in [0.5, 0.6) is 5.75 Å². The number of hydrogen-bond acceptors (Lipinski definition) is 6. The van der Waals surface area contributed by atoms with E-state index in [1.165, 1.54) is 11.8 Å². The number of carbonyl (C=O) groups excluding carboxylic acids is 4. The number of ether oxygens (including phenoxy) is 1. The number of hydrogen-bond donors (Lipinski definition) is 0. The third-order valence-electron chi connectivity index (χ3n) is 7.72. The van der Waals surface area contributed by atoms with Crippen molar-refractivity contribution >= 4 is 35.3 Å². The van der Waals surface area contributed by atoms with Gasteiger partial charge in [-0.25, -0.2) is 4.90 Å². The molecule has 2 fully saturated rings. The van der Waals surface area contributed by atoms with Gasteiger partial charge in [-0.15, -0.1) is 0 Å². The zero-order valence-electron chi connectivity index (χ0n) is 21.3. The van der Waals surface area contributed by atoms with Crippen LogP contribution in [0.2, 0.25) is 0 Å². The summed E-state index contributed by atoms with van der Waals surface area (Å²) in [6.07, 6.45) is 3.76. The van der Waals surface area contributed by atoms with E-state index in [9.17, 15) is 19.2 Å². The molecule has 0 aromatic heterocycles. The Morgan fingerprint density at radius 3 is 2.29 bits per heavy atom. The lowest BCUT2D eigenvalue weighted by Crippen LogP contribution is -2.44. The molecular formula is C31H26N2O5. The Balaban J connectivity index is 1.45. The molecule has 6 rings (SSSR count). The molecule has 0 unspecified atom stereocenters. The van der Waals surface area contributed by atoms with Gasteiger partial charge >= 0.3 is 5.97 Å². The van der Waals surface area contributed by atoms with Gasteiger partial charge in [0.05, 0.1) is 23.6 Å². The van der Waals surface area contributed by atoms with Gasteiger partial charge in [-0.1, -0.05) is 42.0 Å². The minimum Gasteiger partial charge on any atom is -0.427 e. The van der Waals surface area contributed by atoms with Gasteiger partial charge in [-0.2, -0.15) is 0 Å². The predicted molar refractivity (Wildman–Crippen MR) is 141 cm³/mol. The maximum Gasteiger partial charge on any atom is 0.308 e. The summed E-state index contributed by atoms with van der Waals surface area (Å²) in [6.45, 7) is 5.15. The van der Waals surface area contributed by atoms with Crippen LogP contribution in [0, 0.1) is 25.7 Å². The van der Waals surface area contributed by atoms with Gasteiger partial charge in [-0.05, 0) is 66.9 Å². The number of benzene rings is 3. The standard InChI is InChI=1S/C31H26N2O5/c1-17-8-13-24(18(2)16-17)33-30(36)25-26(31(33)37)28(29(35)21-9-11-22(12-10-21)38-19(3)34)32-15-14-20-6-4-5-7-23(20)27(25)32/h4-16,25-28H,1-3H3/t25-,26+,27+,28+/m1/s1. The van der Waals surface area contributed by atoms with Crippen LogP contribution in [0.15, 0.2) is 72.9 Å². The summed E-state index contributed by atoms with van der Waals surface area (Å²) in [4.78, 5) is 56.6. The summed E-state index contributed by atoms with van der Waals surface area (Å²) < 4.78 is 5.11. The molecule has 0 spiro atoms. The SMILES string of the molecule is CC(=O)Oc1ccc(C(=O)[C@@H]2[C@H]3C(=O)N(c4ccc(C)cc4C)C(=O)[C@H]3[C@@H]3c4ccccc4C=CN23)cc1. The first kappa shape index (κ1) is 23.9. The van der Waals surface area contributed by atoms with E-state index in [1.54, 1.807) is 30.3 Å². The maximum atomic E-state index is 14.1. The number of esters is 1. The third-order valence-corrected chi connectivity index (χ3v) is 7.72. The fraction of sp³-hybridized carbons (Fsp3) is 0.226. The molecule has 4 atom stereocenters. The van der Waals surface area contributed by atoms with Gasteiger partial charge in [0, 0.05) is 18.7 Å². The molecule has 3 aliphatic heterocycles. The van der Waals surface area contributed by atoms with E-state index in [-0.39, 0.29) is 17.6 Å². The number of amides is 2. The van der Waals surface area contributed by atoms with E-state index in [1.807, 2.05) is 67.4 Å². The molecule has 0 aliphatic carbocycles. The second-order valence-electron chi connectivity index (χ2n) is 10.1. The number of imide groups is 1. The van der Waals surface area contributed by atoms with Gasteiger partial charge in [0.15, 0.2) is 5.78 Å². The average Bonchev–Trinajstić information content (AvgIpc) is 3.36. The van der Waals surface area contributed by atoms with Crippen LogP contribution in [-0.2, 0) is 14.4 Å². The van der Waals surface area contributed by atoms with Crippen molar-refractivity contribution in [1.29, 1.82) is 0 Å². The van der Waals surface area contributed by atoms with E-state index in [0.29, 0.717) is 17.0 Å². The molecule has 38 heavy (non-hydrogen) atoms. The van der Waals surface area contributed by atoms with Crippen LogP contribution in [0.25, 0.3) is 6.08 Å². The first-order chi connectivity index (χ1) is 18.3. The second-order valence-corrected chi connectivity index (χ2v) is 10.1. The minimum atomic E-state index is -0.860. The summed E-state index contributed by atoms with van der Waals surface area (Å²) in [5.74, 6) is -2.58. The summed E-state index contributed by atoms with van der Waals surface area (Å²) >= 11 is 0. The highest BCUT2D eigenvalue weighted by Gasteiger charge is 2.64. The largest absolute Gasteiger partial charge is 0.427 e. The lowest BCUT2D eigenvalue weighted by Gasteiger charge is -2.35. The van der Waals surface area contributed by atoms with Gasteiger partial charge in [-0.3, -0.25) is 19.2 Å². The Kier molecular flexibility index (Phi) is 5.52. The van der Waals surface area contributed by atoms with E-state index in [0.717, 1.165) is 22.3 Å². The van der Waals surface area contributed by atoms with Crippen molar-refractivity contribution in [3.8, 4) is 5.75 Å². The Hall–Kier alpha value is -4.52. The highest BCUT2D eigenvalue weighted by atomic mass is 16.5. The normalized spacial score (nSPS) is 23.2. The molecule has 3 heterocycles. The number of aryl methyl sites for hydroxylation is 2. The number of fused-ring (bicyclic) bond motifs is 5. The molecule has 0 radical (unpaired) electrons. The van der Waals surface area contributed by atoms with E-state index < -0.39 is 29.9 Å². The molecule has 3 aromatic rings. The summed E-state index contributed by atoms with van der Waals surface area (Å²) in [5.41, 5.74) is 4.70. The molecule has 3 aliphatic rings. The van der Waals surface area contributed by atoms with Crippen molar-refractivity contribution < 1.29 is 23.9 Å². The fourth-order valence-electron chi connectivity index (χ4n) is 6.17. The maximum absolute atomic E-state index is 14.1. The smallest absolute Gasteiger partial charge is 0.308 e. The first-order valence-electron chi connectivity index (χ1n) is 12.6. The van der Waals surface area contributed by atoms with Gasteiger partial charge < -0.3 is 9.64 Å². The van der Waals surface area contributed by atoms with Crippen LogP contribution in [0.1, 0.15) is 45.6 Å². The molecular weight excluding hydrogens is 480 g/mol.